The zero-order valence-electron chi connectivity index (χ0n) is 25.8. The number of likely N-dealkylation sites (tertiary alicyclic amines) is 1. The number of anilines is 1. The van der Waals surface area contributed by atoms with E-state index in [1.54, 1.807) is 24.3 Å². The van der Waals surface area contributed by atoms with Crippen LogP contribution in [0.15, 0.2) is 102 Å². The molecular weight excluding hydrogens is 599 g/mol. The number of aromatic hydroxyl groups is 1. The van der Waals surface area contributed by atoms with E-state index in [0.717, 1.165) is 11.1 Å². The number of phenols is 1. The summed E-state index contributed by atoms with van der Waals surface area (Å²) >= 11 is 0. The van der Waals surface area contributed by atoms with Gasteiger partial charge in [-0.15, -0.1) is 0 Å². The largest absolute Gasteiger partial charge is 0.506 e. The molecule has 4 aromatic carbocycles. The van der Waals surface area contributed by atoms with E-state index in [1.807, 2.05) is 60.7 Å². The van der Waals surface area contributed by atoms with Gasteiger partial charge < -0.3 is 25.3 Å². The van der Waals surface area contributed by atoms with E-state index < -0.39 is 12.2 Å². The number of hydrogen-bond donors (Lipinski definition) is 5. The number of nitrogens with zero attached hydrogens (tertiary/aromatic N) is 1. The number of carbonyl (C=O) groups excluding carboxylic acids is 1. The summed E-state index contributed by atoms with van der Waals surface area (Å²) in [6.07, 6.45) is -0.369. The predicted molar refractivity (Wildman–Crippen MR) is 180 cm³/mol. The van der Waals surface area contributed by atoms with Crippen LogP contribution in [0.5, 0.6) is 5.75 Å². The Bertz CT molecular complexity index is 1910. The highest BCUT2D eigenvalue weighted by atomic mass is 19.1. The van der Waals surface area contributed by atoms with Crippen molar-refractivity contribution in [2.75, 3.05) is 25.0 Å². The molecule has 1 aliphatic heterocycles. The summed E-state index contributed by atoms with van der Waals surface area (Å²) in [6.45, 7) is 2.12. The summed E-state index contributed by atoms with van der Waals surface area (Å²) < 4.78 is 21.3. The Morgan fingerprint density at radius 2 is 1.68 bits per heavy atom. The van der Waals surface area contributed by atoms with Gasteiger partial charge in [0.25, 0.3) is 0 Å². The number of aliphatic hydroxyl groups excluding tert-OH is 1. The first kappa shape index (κ1) is 31.9. The van der Waals surface area contributed by atoms with Crippen molar-refractivity contribution >= 4 is 22.7 Å². The van der Waals surface area contributed by atoms with Crippen molar-refractivity contribution in [1.29, 1.82) is 0 Å². The third kappa shape index (κ3) is 7.69. The number of nitrogens with one attached hydrogen (secondary N) is 3. The number of phenolic OH excluding ortho intramolecular Hbond substituents is 1. The number of ether oxygens (including phenoxy) is 1. The molecule has 9 nitrogen and oxygen atoms in total. The Morgan fingerprint density at radius 3 is 2.49 bits per heavy atom. The monoisotopic (exact) mass is 636 g/mol. The first-order chi connectivity index (χ1) is 22.9. The third-order valence-corrected chi connectivity index (χ3v) is 8.53. The fourth-order valence-corrected chi connectivity index (χ4v) is 6.07. The molecule has 0 bridgehead atoms. The van der Waals surface area contributed by atoms with Crippen molar-refractivity contribution < 1.29 is 24.1 Å². The number of piperidine rings is 1. The summed E-state index contributed by atoms with van der Waals surface area (Å²) in [4.78, 5) is 29.2. The molecule has 1 amide bonds. The standard InChI is InChI=1S/C37H37FN4O5/c38-35-25(21-39-22-33(44)29-13-15-32(43)36-30(29)14-16-34(45)41-36)9-6-10-26(35)23-42-19-17-27(18-20-42)47-37(46)40-31-12-5-4-11-28(31)24-7-2-1-3-8-24/h1-16,27,33,39,43-44H,17-23H2,(H,40,46)(H,41,45)/t33-/m0/s1. The Kier molecular flexibility index (Phi) is 9.92. The van der Waals surface area contributed by atoms with Crippen molar-refractivity contribution in [3.63, 3.8) is 0 Å². The van der Waals surface area contributed by atoms with Crippen LogP contribution >= 0.6 is 0 Å². The van der Waals surface area contributed by atoms with E-state index >= 15 is 4.39 Å². The number of aliphatic hydroxyl groups is 1. The molecule has 1 aromatic heterocycles. The van der Waals surface area contributed by atoms with Crippen LogP contribution < -0.4 is 16.2 Å². The normalized spacial score (nSPS) is 14.6. The number of rotatable bonds is 10. The number of carbonyl (C=O) groups is 1. The molecule has 242 valence electrons. The molecule has 0 spiro atoms. The fourth-order valence-electron chi connectivity index (χ4n) is 6.07. The van der Waals surface area contributed by atoms with Crippen LogP contribution in [0.2, 0.25) is 0 Å². The summed E-state index contributed by atoms with van der Waals surface area (Å²) in [7, 11) is 0. The molecule has 47 heavy (non-hydrogen) atoms. The second-order valence-corrected chi connectivity index (χ2v) is 11.7. The molecule has 5 N–H and O–H groups in total. The number of halogens is 1. The van der Waals surface area contributed by atoms with Crippen LogP contribution in [0, 0.1) is 5.82 Å². The minimum atomic E-state index is -0.945. The lowest BCUT2D eigenvalue weighted by molar-refractivity contribution is 0.0564. The minimum Gasteiger partial charge on any atom is -0.506 e. The van der Waals surface area contributed by atoms with Crippen molar-refractivity contribution in [3.8, 4) is 16.9 Å². The Balaban J connectivity index is 0.988. The lowest BCUT2D eigenvalue weighted by atomic mass is 10.0. The maximum Gasteiger partial charge on any atom is 0.411 e. The van der Waals surface area contributed by atoms with Crippen LogP contribution in [-0.2, 0) is 17.8 Å². The SMILES string of the molecule is O=C(Nc1ccccc1-c1ccccc1)OC1CCN(Cc2cccc(CNC[C@H](O)c3ccc(O)c4[nH]c(=O)ccc34)c2F)CC1. The number of para-hydroxylation sites is 1. The minimum absolute atomic E-state index is 0.0802. The number of benzene rings is 4. The van der Waals surface area contributed by atoms with Crippen molar-refractivity contribution in [2.45, 2.75) is 38.1 Å². The van der Waals surface area contributed by atoms with Crippen LogP contribution in [0.4, 0.5) is 14.9 Å². The molecule has 0 radical (unpaired) electrons. The van der Waals surface area contributed by atoms with Gasteiger partial charge in [0, 0.05) is 60.9 Å². The number of hydrogen-bond acceptors (Lipinski definition) is 7. The zero-order chi connectivity index (χ0) is 32.8. The topological polar surface area (TPSA) is 127 Å². The van der Waals surface area contributed by atoms with Crippen LogP contribution in [-0.4, -0.2) is 51.9 Å². The quantitative estimate of drug-likeness (QED) is 0.126. The molecule has 5 aromatic rings. The predicted octanol–water partition coefficient (Wildman–Crippen LogP) is 6.08. The number of aromatic amines is 1. The van der Waals surface area contributed by atoms with E-state index in [-0.39, 0.29) is 41.8 Å². The Hall–Kier alpha value is -5.03. The highest BCUT2D eigenvalue weighted by Crippen LogP contribution is 2.30. The molecule has 1 saturated heterocycles. The maximum atomic E-state index is 15.5. The van der Waals surface area contributed by atoms with E-state index in [2.05, 4.69) is 20.5 Å². The number of fused-ring (bicyclic) bond motifs is 1. The van der Waals surface area contributed by atoms with E-state index in [0.29, 0.717) is 60.2 Å². The first-order valence-electron chi connectivity index (χ1n) is 15.7. The first-order valence-corrected chi connectivity index (χ1v) is 15.7. The molecular formula is C37H37FN4O5. The summed E-state index contributed by atoms with van der Waals surface area (Å²) in [5.74, 6) is -0.375. The molecule has 2 heterocycles. The number of amides is 1. The summed E-state index contributed by atoms with van der Waals surface area (Å²) in [5, 5.41) is 27.5. The van der Waals surface area contributed by atoms with Gasteiger partial charge >= 0.3 is 6.09 Å². The van der Waals surface area contributed by atoms with Crippen molar-refractivity contribution in [1.82, 2.24) is 15.2 Å². The number of H-pyrrole nitrogens is 1. The average Bonchev–Trinajstić information content (AvgIpc) is 3.08. The van der Waals surface area contributed by atoms with Gasteiger partial charge in [0.05, 0.1) is 17.3 Å². The zero-order valence-corrected chi connectivity index (χ0v) is 25.8. The van der Waals surface area contributed by atoms with Crippen LogP contribution in [0.25, 0.3) is 22.0 Å². The van der Waals surface area contributed by atoms with Gasteiger partial charge in [0.15, 0.2) is 0 Å². The molecule has 0 unspecified atom stereocenters. The smallest absolute Gasteiger partial charge is 0.411 e. The summed E-state index contributed by atoms with van der Waals surface area (Å²) in [6, 6.07) is 28.7. The molecule has 1 atom stereocenters. The number of aromatic nitrogens is 1. The third-order valence-electron chi connectivity index (χ3n) is 8.53. The molecule has 1 fully saturated rings. The maximum absolute atomic E-state index is 15.5. The van der Waals surface area contributed by atoms with Gasteiger partial charge in [-0.25, -0.2) is 9.18 Å². The molecule has 0 saturated carbocycles. The van der Waals surface area contributed by atoms with Gasteiger partial charge in [0.1, 0.15) is 17.7 Å². The highest BCUT2D eigenvalue weighted by molar-refractivity contribution is 5.91. The van der Waals surface area contributed by atoms with Crippen molar-refractivity contribution in [2.24, 2.45) is 0 Å². The van der Waals surface area contributed by atoms with Gasteiger partial charge in [-0.3, -0.25) is 15.0 Å². The lowest BCUT2D eigenvalue weighted by Gasteiger charge is -2.31. The summed E-state index contributed by atoms with van der Waals surface area (Å²) in [5.41, 5.74) is 4.12. The second kappa shape index (κ2) is 14.6. The Labute approximate surface area is 271 Å². The number of pyridine rings is 1. The second-order valence-electron chi connectivity index (χ2n) is 11.7. The van der Waals surface area contributed by atoms with E-state index in [4.69, 9.17) is 4.74 Å². The highest BCUT2D eigenvalue weighted by Gasteiger charge is 2.24. The van der Waals surface area contributed by atoms with Crippen molar-refractivity contribution in [3.05, 3.63) is 130 Å². The lowest BCUT2D eigenvalue weighted by Crippen LogP contribution is -2.38. The van der Waals surface area contributed by atoms with Gasteiger partial charge in [-0.05, 0) is 42.2 Å². The van der Waals surface area contributed by atoms with Crippen LogP contribution in [0.3, 0.4) is 0 Å². The molecule has 1 aliphatic rings. The van der Waals surface area contributed by atoms with Crippen LogP contribution in [0.1, 0.15) is 35.6 Å². The Morgan fingerprint density at radius 1 is 0.936 bits per heavy atom. The van der Waals surface area contributed by atoms with Gasteiger partial charge in [-0.1, -0.05) is 72.8 Å². The van der Waals surface area contributed by atoms with E-state index in [9.17, 15) is 19.8 Å². The van der Waals surface area contributed by atoms with Gasteiger partial charge in [0.2, 0.25) is 5.56 Å². The van der Waals surface area contributed by atoms with E-state index in [1.165, 1.54) is 12.1 Å². The molecule has 6 rings (SSSR count). The molecule has 10 heteroatoms. The average molecular weight is 637 g/mol. The fraction of sp³-hybridized carbons (Fsp3) is 0.243. The van der Waals surface area contributed by atoms with Gasteiger partial charge in [-0.2, -0.15) is 0 Å². The molecule has 0 aliphatic carbocycles.